The zero-order chi connectivity index (χ0) is 18.4. The van der Waals surface area contributed by atoms with E-state index in [1.54, 1.807) is 14.0 Å². The van der Waals surface area contributed by atoms with Gasteiger partial charge in [-0.3, -0.25) is 0 Å². The van der Waals surface area contributed by atoms with E-state index in [4.69, 9.17) is 4.74 Å². The van der Waals surface area contributed by atoms with Gasteiger partial charge in [-0.2, -0.15) is 0 Å². The van der Waals surface area contributed by atoms with Crippen LogP contribution in [0, 0.1) is 5.41 Å². The molecule has 5 nitrogen and oxygen atoms in total. The Morgan fingerprint density at radius 1 is 1.25 bits per heavy atom. The van der Waals surface area contributed by atoms with Gasteiger partial charge in [-0.1, -0.05) is 32.0 Å². The maximum Gasteiger partial charge on any atom is 0.315 e. The lowest BCUT2D eigenvalue weighted by Gasteiger charge is -2.30. The molecule has 0 bridgehead atoms. The highest BCUT2D eigenvalue weighted by Gasteiger charge is 2.25. The Labute approximate surface area is 145 Å². The fraction of sp³-hybridized carbons (Fsp3) is 0.632. The molecule has 1 atom stereocenters. The average molecular weight is 336 g/mol. The Bertz CT molecular complexity index is 539. The predicted octanol–water partition coefficient (Wildman–Crippen LogP) is 3.11. The van der Waals surface area contributed by atoms with Gasteiger partial charge in [0.1, 0.15) is 5.75 Å². The van der Waals surface area contributed by atoms with Crippen LogP contribution in [0.4, 0.5) is 4.79 Å². The van der Waals surface area contributed by atoms with Crippen molar-refractivity contribution in [3.8, 4) is 5.75 Å². The van der Waals surface area contributed by atoms with E-state index in [-0.39, 0.29) is 17.6 Å². The second kappa shape index (κ2) is 8.38. The van der Waals surface area contributed by atoms with Crippen LogP contribution in [0.3, 0.4) is 0 Å². The monoisotopic (exact) mass is 336 g/mol. The maximum absolute atomic E-state index is 12.2. The van der Waals surface area contributed by atoms with Crippen molar-refractivity contribution < 1.29 is 14.6 Å². The van der Waals surface area contributed by atoms with Crippen LogP contribution < -0.4 is 15.4 Å². The summed E-state index contributed by atoms with van der Waals surface area (Å²) >= 11 is 0. The van der Waals surface area contributed by atoms with Gasteiger partial charge < -0.3 is 20.5 Å². The zero-order valence-corrected chi connectivity index (χ0v) is 15.8. The molecule has 2 amide bonds. The smallest absolute Gasteiger partial charge is 0.315 e. The fourth-order valence-electron chi connectivity index (χ4n) is 2.91. The molecule has 24 heavy (non-hydrogen) atoms. The Morgan fingerprint density at radius 2 is 1.88 bits per heavy atom. The van der Waals surface area contributed by atoms with Crippen LogP contribution in [0.5, 0.6) is 5.75 Å². The molecule has 0 heterocycles. The Hall–Kier alpha value is -1.75. The van der Waals surface area contributed by atoms with E-state index in [2.05, 4.69) is 10.6 Å². The number of rotatable bonds is 8. The minimum atomic E-state index is -0.410. The summed E-state index contributed by atoms with van der Waals surface area (Å²) < 4.78 is 5.37. The average Bonchev–Trinajstić information content (AvgIpc) is 2.43. The number of benzene rings is 1. The van der Waals surface area contributed by atoms with Crippen molar-refractivity contribution in [2.75, 3.05) is 13.7 Å². The first-order valence-corrected chi connectivity index (χ1v) is 8.41. The summed E-state index contributed by atoms with van der Waals surface area (Å²) in [7, 11) is 1.65. The van der Waals surface area contributed by atoms with E-state index < -0.39 is 5.54 Å². The highest BCUT2D eigenvalue weighted by Crippen LogP contribution is 2.23. The lowest BCUT2D eigenvalue weighted by Crippen LogP contribution is -2.51. The number of urea groups is 1. The number of carbonyl (C=O) groups is 1. The molecule has 0 saturated carbocycles. The summed E-state index contributed by atoms with van der Waals surface area (Å²) in [6.45, 7) is 10.3. The highest BCUT2D eigenvalue weighted by molar-refractivity contribution is 5.74. The Balaban J connectivity index is 2.58. The first-order valence-electron chi connectivity index (χ1n) is 8.41. The van der Waals surface area contributed by atoms with E-state index in [0.29, 0.717) is 19.4 Å². The van der Waals surface area contributed by atoms with Crippen LogP contribution >= 0.6 is 0 Å². The van der Waals surface area contributed by atoms with Gasteiger partial charge in [0.25, 0.3) is 0 Å². The minimum absolute atomic E-state index is 0.154. The van der Waals surface area contributed by atoms with Crippen molar-refractivity contribution in [3.63, 3.8) is 0 Å². The molecule has 0 spiro atoms. The molecule has 0 saturated heterocycles. The molecule has 0 aromatic heterocycles. The molecule has 0 aliphatic rings. The molecule has 0 aliphatic carbocycles. The third-order valence-electron chi connectivity index (χ3n) is 3.85. The van der Waals surface area contributed by atoms with Gasteiger partial charge in [-0.25, -0.2) is 4.79 Å². The number of ether oxygens (including phenoxy) is 1. The molecule has 136 valence electrons. The summed E-state index contributed by atoms with van der Waals surface area (Å²) in [4.78, 5) is 12.2. The second-order valence-electron chi connectivity index (χ2n) is 7.90. The van der Waals surface area contributed by atoms with E-state index in [1.165, 1.54) is 0 Å². The van der Waals surface area contributed by atoms with Gasteiger partial charge in [-0.15, -0.1) is 0 Å². The largest absolute Gasteiger partial charge is 0.496 e. The number of para-hydroxylation sites is 1. The lowest BCUT2D eigenvalue weighted by molar-refractivity contribution is 0.128. The summed E-state index contributed by atoms with van der Waals surface area (Å²) in [5.74, 6) is 0.825. The molecule has 0 radical (unpaired) electrons. The van der Waals surface area contributed by atoms with Gasteiger partial charge in [0.15, 0.2) is 0 Å². The van der Waals surface area contributed by atoms with Crippen molar-refractivity contribution in [2.45, 2.75) is 59.1 Å². The van der Waals surface area contributed by atoms with Crippen LogP contribution in [-0.4, -0.2) is 36.4 Å². The number of aliphatic hydroxyl groups excluding tert-OH is 1. The first-order chi connectivity index (χ1) is 11.0. The number of nitrogens with one attached hydrogen (secondary N) is 2. The first kappa shape index (κ1) is 20.3. The van der Waals surface area contributed by atoms with Gasteiger partial charge >= 0.3 is 6.03 Å². The van der Waals surface area contributed by atoms with E-state index in [1.807, 2.05) is 52.0 Å². The van der Waals surface area contributed by atoms with E-state index in [0.717, 1.165) is 11.3 Å². The van der Waals surface area contributed by atoms with Crippen molar-refractivity contribution in [3.05, 3.63) is 29.8 Å². The van der Waals surface area contributed by atoms with Gasteiger partial charge in [0.2, 0.25) is 0 Å². The molecule has 1 aromatic carbocycles. The topological polar surface area (TPSA) is 70.6 Å². The molecule has 1 rings (SSSR count). The highest BCUT2D eigenvalue weighted by atomic mass is 16.5. The molecule has 0 aliphatic heterocycles. The van der Waals surface area contributed by atoms with Crippen LogP contribution in [0.25, 0.3) is 0 Å². The van der Waals surface area contributed by atoms with Gasteiger partial charge in [0.05, 0.1) is 13.2 Å². The van der Waals surface area contributed by atoms with E-state index in [9.17, 15) is 9.90 Å². The third kappa shape index (κ3) is 7.21. The molecule has 1 unspecified atom stereocenters. The summed E-state index contributed by atoms with van der Waals surface area (Å²) in [6.07, 6.45) is 0.922. The quantitative estimate of drug-likeness (QED) is 0.683. The summed E-state index contributed by atoms with van der Waals surface area (Å²) in [5.41, 5.74) is 0.491. The SMILES string of the molecule is COc1ccccc1CC(C)(C)NC(=O)NCC(C)(C)CC(C)O. The van der Waals surface area contributed by atoms with Gasteiger partial charge in [-0.05, 0) is 50.7 Å². The third-order valence-corrected chi connectivity index (χ3v) is 3.85. The molecule has 0 fully saturated rings. The number of amides is 2. The van der Waals surface area contributed by atoms with Gasteiger partial charge in [0, 0.05) is 12.1 Å². The number of hydrogen-bond acceptors (Lipinski definition) is 3. The minimum Gasteiger partial charge on any atom is -0.496 e. The predicted molar refractivity (Wildman–Crippen MR) is 97.4 cm³/mol. The molecular weight excluding hydrogens is 304 g/mol. The zero-order valence-electron chi connectivity index (χ0n) is 15.8. The van der Waals surface area contributed by atoms with Crippen molar-refractivity contribution in [2.24, 2.45) is 5.41 Å². The molecule has 3 N–H and O–H groups in total. The lowest BCUT2D eigenvalue weighted by atomic mass is 9.87. The number of hydrogen-bond donors (Lipinski definition) is 3. The normalized spacial score (nSPS) is 13.3. The number of carbonyl (C=O) groups excluding carboxylic acids is 1. The van der Waals surface area contributed by atoms with Crippen molar-refractivity contribution in [1.82, 2.24) is 10.6 Å². The van der Waals surface area contributed by atoms with Crippen LogP contribution in [0.1, 0.15) is 46.6 Å². The van der Waals surface area contributed by atoms with Crippen molar-refractivity contribution >= 4 is 6.03 Å². The Morgan fingerprint density at radius 3 is 2.46 bits per heavy atom. The maximum atomic E-state index is 12.2. The van der Waals surface area contributed by atoms with Crippen molar-refractivity contribution in [1.29, 1.82) is 0 Å². The number of aliphatic hydroxyl groups is 1. The van der Waals surface area contributed by atoms with Crippen LogP contribution in [-0.2, 0) is 6.42 Å². The molecular formula is C19H32N2O3. The molecule has 5 heteroatoms. The summed E-state index contributed by atoms with van der Waals surface area (Å²) in [5, 5.41) is 15.4. The van der Waals surface area contributed by atoms with Crippen LogP contribution in [0.15, 0.2) is 24.3 Å². The number of methoxy groups -OCH3 is 1. The summed E-state index contributed by atoms with van der Waals surface area (Å²) in [6, 6.07) is 7.62. The fourth-order valence-corrected chi connectivity index (χ4v) is 2.91. The standard InChI is InChI=1S/C19H32N2O3/c1-14(22)11-18(2,3)13-20-17(23)21-19(4,5)12-15-9-7-8-10-16(15)24-6/h7-10,14,22H,11-13H2,1-6H3,(H2,20,21,23). The van der Waals surface area contributed by atoms with E-state index >= 15 is 0 Å². The second-order valence-corrected chi connectivity index (χ2v) is 7.90. The van der Waals surface area contributed by atoms with Crippen LogP contribution in [0.2, 0.25) is 0 Å². The molecule has 1 aromatic rings. The Kier molecular flexibility index (Phi) is 7.08.